The molecular weight excluding hydrogens is 464 g/mol. The summed E-state index contributed by atoms with van der Waals surface area (Å²) in [6.07, 6.45) is 0.234. The fourth-order valence-corrected chi connectivity index (χ4v) is 5.35. The van der Waals surface area contributed by atoms with Crippen LogP contribution in [0.3, 0.4) is 0 Å². The summed E-state index contributed by atoms with van der Waals surface area (Å²) in [6.45, 7) is 1.96. The first-order valence-corrected chi connectivity index (χ1v) is 12.5. The van der Waals surface area contributed by atoms with E-state index in [4.69, 9.17) is 4.74 Å². The topological polar surface area (TPSA) is 80.6 Å². The lowest BCUT2D eigenvalue weighted by Crippen LogP contribution is -2.23. The van der Waals surface area contributed by atoms with Gasteiger partial charge in [0.1, 0.15) is 5.76 Å². The van der Waals surface area contributed by atoms with Crippen LogP contribution < -0.4 is 5.32 Å². The standard InChI is InChI=1S/C31H30N2O4/c1-20(34)32-18-17-24-23-15-9-10-16-25(23)33(2)29(24)27(22-13-7-4-8-14-22)28-30(35)26(37-31(28)36)19-21-11-5-3-6-12-21/h3-16,26-27,35H,17-19H2,1-2H3,(H,32,34). The van der Waals surface area contributed by atoms with E-state index >= 15 is 0 Å². The molecule has 0 spiro atoms. The molecule has 2 N–H and O–H groups in total. The highest BCUT2D eigenvalue weighted by molar-refractivity contribution is 5.95. The number of fused-ring (bicyclic) bond motifs is 1. The van der Waals surface area contributed by atoms with Gasteiger partial charge in [-0.25, -0.2) is 4.79 Å². The number of carbonyl (C=O) groups is 2. The molecule has 6 nitrogen and oxygen atoms in total. The maximum absolute atomic E-state index is 13.4. The lowest BCUT2D eigenvalue weighted by molar-refractivity contribution is -0.140. The van der Waals surface area contributed by atoms with E-state index in [2.05, 4.69) is 16.0 Å². The molecule has 0 saturated heterocycles. The maximum atomic E-state index is 13.4. The molecular formula is C31H30N2O4. The van der Waals surface area contributed by atoms with Gasteiger partial charge in [0.25, 0.3) is 0 Å². The third-order valence-electron chi connectivity index (χ3n) is 7.02. The van der Waals surface area contributed by atoms with Crippen LogP contribution in [0.1, 0.15) is 35.2 Å². The molecule has 2 heterocycles. The van der Waals surface area contributed by atoms with E-state index in [0.29, 0.717) is 19.4 Å². The lowest BCUT2D eigenvalue weighted by atomic mass is 9.84. The molecule has 188 valence electrons. The number of esters is 1. The van der Waals surface area contributed by atoms with Crippen molar-refractivity contribution >= 4 is 22.8 Å². The smallest absolute Gasteiger partial charge is 0.339 e. The fourth-order valence-electron chi connectivity index (χ4n) is 5.35. The van der Waals surface area contributed by atoms with E-state index < -0.39 is 18.0 Å². The number of cyclic esters (lactones) is 1. The number of carbonyl (C=O) groups excluding carboxylic acids is 2. The SMILES string of the molecule is CC(=O)NCCc1c(C(C2=C(O)C(Cc3ccccc3)OC2=O)c2ccccc2)n(C)c2ccccc12. The number of ether oxygens (including phenoxy) is 1. The predicted molar refractivity (Wildman–Crippen MR) is 143 cm³/mol. The van der Waals surface area contributed by atoms with Crippen LogP contribution in [0, 0.1) is 0 Å². The number of rotatable bonds is 8. The van der Waals surface area contributed by atoms with Crippen molar-refractivity contribution in [1.82, 2.24) is 9.88 Å². The molecule has 0 fully saturated rings. The quantitative estimate of drug-likeness (QED) is 0.339. The number of aliphatic hydroxyl groups excluding tert-OH is 1. The van der Waals surface area contributed by atoms with E-state index in [0.717, 1.165) is 33.3 Å². The van der Waals surface area contributed by atoms with E-state index in [1.54, 1.807) is 0 Å². The van der Waals surface area contributed by atoms with Crippen LogP contribution in [-0.4, -0.2) is 34.2 Å². The first-order chi connectivity index (χ1) is 18.0. The summed E-state index contributed by atoms with van der Waals surface area (Å²) < 4.78 is 7.84. The molecule has 0 aliphatic carbocycles. The third-order valence-corrected chi connectivity index (χ3v) is 7.02. The molecule has 2 unspecified atom stereocenters. The average molecular weight is 495 g/mol. The predicted octanol–water partition coefficient (Wildman–Crippen LogP) is 4.97. The minimum atomic E-state index is -0.742. The number of nitrogens with one attached hydrogen (secondary N) is 1. The first-order valence-electron chi connectivity index (χ1n) is 12.5. The minimum Gasteiger partial charge on any atom is -0.508 e. The normalized spacial score (nSPS) is 16.2. The highest BCUT2D eigenvalue weighted by atomic mass is 16.6. The van der Waals surface area contributed by atoms with Gasteiger partial charge in [-0.1, -0.05) is 78.9 Å². The molecule has 1 aromatic heterocycles. The largest absolute Gasteiger partial charge is 0.508 e. The summed E-state index contributed by atoms with van der Waals surface area (Å²) in [7, 11) is 1.98. The van der Waals surface area contributed by atoms with E-state index in [1.165, 1.54) is 6.92 Å². The number of aryl methyl sites for hydroxylation is 1. The highest BCUT2D eigenvalue weighted by Crippen LogP contribution is 2.42. The summed E-state index contributed by atoms with van der Waals surface area (Å²) in [5.74, 6) is -1.17. The van der Waals surface area contributed by atoms with Crippen LogP contribution in [0.4, 0.5) is 0 Å². The zero-order valence-corrected chi connectivity index (χ0v) is 21.0. The summed E-state index contributed by atoms with van der Waals surface area (Å²) >= 11 is 0. The summed E-state index contributed by atoms with van der Waals surface area (Å²) in [5.41, 5.74) is 5.07. The monoisotopic (exact) mass is 494 g/mol. The Morgan fingerprint density at radius 1 is 1.00 bits per heavy atom. The van der Waals surface area contributed by atoms with Gasteiger partial charge < -0.3 is 19.7 Å². The third kappa shape index (κ3) is 4.75. The molecule has 1 amide bonds. The van der Waals surface area contributed by atoms with Crippen molar-refractivity contribution in [3.05, 3.63) is 119 Å². The maximum Gasteiger partial charge on any atom is 0.339 e. The molecule has 2 atom stereocenters. The second-order valence-electron chi connectivity index (χ2n) is 9.40. The van der Waals surface area contributed by atoms with Crippen molar-refractivity contribution < 1.29 is 19.4 Å². The van der Waals surface area contributed by atoms with Gasteiger partial charge in [-0.05, 0) is 29.2 Å². The van der Waals surface area contributed by atoms with Crippen molar-refractivity contribution in [1.29, 1.82) is 0 Å². The number of nitrogens with zero attached hydrogens (tertiary/aromatic N) is 1. The number of hydrogen-bond donors (Lipinski definition) is 2. The van der Waals surface area contributed by atoms with Gasteiger partial charge in [0.05, 0.1) is 11.5 Å². The molecule has 0 saturated carbocycles. The van der Waals surface area contributed by atoms with Crippen LogP contribution >= 0.6 is 0 Å². The Kier molecular flexibility index (Phi) is 6.82. The Morgan fingerprint density at radius 2 is 1.65 bits per heavy atom. The second-order valence-corrected chi connectivity index (χ2v) is 9.40. The Hall–Kier alpha value is -4.32. The van der Waals surface area contributed by atoms with E-state index in [9.17, 15) is 14.7 Å². The fraction of sp³-hybridized carbons (Fsp3) is 0.226. The van der Waals surface area contributed by atoms with Crippen molar-refractivity contribution in [3.8, 4) is 0 Å². The Balaban J connectivity index is 1.67. The summed E-state index contributed by atoms with van der Waals surface area (Å²) in [4.78, 5) is 25.0. The van der Waals surface area contributed by atoms with Crippen LogP contribution in [-0.2, 0) is 34.2 Å². The molecule has 5 rings (SSSR count). The molecule has 4 aromatic rings. The van der Waals surface area contributed by atoms with Gasteiger partial charge in [-0.3, -0.25) is 4.79 Å². The molecule has 1 aliphatic heterocycles. The molecule has 37 heavy (non-hydrogen) atoms. The van der Waals surface area contributed by atoms with Gasteiger partial charge in [-0.2, -0.15) is 0 Å². The number of para-hydroxylation sites is 1. The lowest BCUT2D eigenvalue weighted by Gasteiger charge is -2.21. The van der Waals surface area contributed by atoms with Crippen molar-refractivity contribution in [2.24, 2.45) is 7.05 Å². The number of benzene rings is 3. The Labute approximate surface area is 216 Å². The van der Waals surface area contributed by atoms with Gasteiger partial charge >= 0.3 is 5.97 Å². The van der Waals surface area contributed by atoms with Gasteiger partial charge in [0, 0.05) is 43.5 Å². The zero-order chi connectivity index (χ0) is 25.9. The number of amides is 1. The minimum absolute atomic E-state index is 0.0271. The van der Waals surface area contributed by atoms with Crippen molar-refractivity contribution in [2.75, 3.05) is 6.54 Å². The zero-order valence-electron chi connectivity index (χ0n) is 21.0. The van der Waals surface area contributed by atoms with Crippen LogP contribution in [0.15, 0.2) is 96.3 Å². The van der Waals surface area contributed by atoms with Crippen molar-refractivity contribution in [2.45, 2.75) is 31.8 Å². The van der Waals surface area contributed by atoms with Crippen molar-refractivity contribution in [3.63, 3.8) is 0 Å². The average Bonchev–Trinajstić information content (AvgIpc) is 3.34. The first kappa shape index (κ1) is 24.4. The number of hydrogen-bond acceptors (Lipinski definition) is 4. The van der Waals surface area contributed by atoms with Gasteiger partial charge in [0.15, 0.2) is 6.10 Å². The molecule has 3 aromatic carbocycles. The molecule has 1 aliphatic rings. The van der Waals surface area contributed by atoms with Crippen LogP contribution in [0.25, 0.3) is 10.9 Å². The van der Waals surface area contributed by atoms with Crippen LogP contribution in [0.2, 0.25) is 0 Å². The van der Waals surface area contributed by atoms with E-state index in [1.807, 2.05) is 85.9 Å². The Bertz CT molecular complexity index is 1470. The second kappa shape index (κ2) is 10.3. The van der Waals surface area contributed by atoms with Crippen LogP contribution in [0.5, 0.6) is 0 Å². The summed E-state index contributed by atoms with van der Waals surface area (Å²) in [5, 5.41) is 15.4. The molecule has 0 bridgehead atoms. The van der Waals surface area contributed by atoms with E-state index in [-0.39, 0.29) is 17.2 Å². The summed E-state index contributed by atoms with van der Waals surface area (Å²) in [6, 6.07) is 27.5. The number of aromatic nitrogens is 1. The number of aliphatic hydroxyl groups is 1. The molecule has 6 heteroatoms. The highest BCUT2D eigenvalue weighted by Gasteiger charge is 2.41. The van der Waals surface area contributed by atoms with Gasteiger partial charge in [-0.15, -0.1) is 0 Å². The Morgan fingerprint density at radius 3 is 2.35 bits per heavy atom. The molecule has 0 radical (unpaired) electrons. The van der Waals surface area contributed by atoms with Gasteiger partial charge in [0.2, 0.25) is 5.91 Å².